The molecule has 5 heteroatoms. The van der Waals surface area contributed by atoms with Gasteiger partial charge in [-0.3, -0.25) is 0 Å². The van der Waals surface area contributed by atoms with Gasteiger partial charge in [0.1, 0.15) is 11.5 Å². The molecule has 1 unspecified atom stereocenters. The van der Waals surface area contributed by atoms with Crippen LogP contribution in [-0.2, 0) is 0 Å². The highest BCUT2D eigenvalue weighted by atomic mass is 127. The lowest BCUT2D eigenvalue weighted by atomic mass is 9.97. The molecular weight excluding hydrogens is 401 g/mol. The fourth-order valence-corrected chi connectivity index (χ4v) is 3.11. The predicted octanol–water partition coefficient (Wildman–Crippen LogP) is 4.27. The maximum Gasteiger partial charge on any atom is 0.124 e. The van der Waals surface area contributed by atoms with Crippen LogP contribution in [0.1, 0.15) is 17.2 Å². The van der Waals surface area contributed by atoms with Crippen LogP contribution >= 0.6 is 34.2 Å². The summed E-state index contributed by atoms with van der Waals surface area (Å²) >= 11 is 8.46. The highest BCUT2D eigenvalue weighted by Gasteiger charge is 2.20. The van der Waals surface area contributed by atoms with E-state index in [-0.39, 0.29) is 6.04 Å². The minimum Gasteiger partial charge on any atom is -0.497 e. The van der Waals surface area contributed by atoms with Gasteiger partial charge in [-0.15, -0.1) is 0 Å². The molecule has 1 N–H and O–H groups in total. The second kappa shape index (κ2) is 7.33. The van der Waals surface area contributed by atoms with Crippen LogP contribution in [0.15, 0.2) is 36.4 Å². The van der Waals surface area contributed by atoms with Gasteiger partial charge >= 0.3 is 0 Å². The summed E-state index contributed by atoms with van der Waals surface area (Å²) in [6.45, 7) is 0. The third-order valence-electron chi connectivity index (χ3n) is 3.31. The number of hydrogen-bond acceptors (Lipinski definition) is 3. The van der Waals surface area contributed by atoms with Crippen molar-refractivity contribution in [1.29, 1.82) is 0 Å². The van der Waals surface area contributed by atoms with Crippen LogP contribution < -0.4 is 14.8 Å². The van der Waals surface area contributed by atoms with Gasteiger partial charge in [-0.1, -0.05) is 11.6 Å². The average Bonchev–Trinajstić information content (AvgIpc) is 2.51. The van der Waals surface area contributed by atoms with Crippen molar-refractivity contribution in [3.8, 4) is 11.5 Å². The predicted molar refractivity (Wildman–Crippen MR) is 94.6 cm³/mol. The van der Waals surface area contributed by atoms with E-state index in [1.165, 1.54) is 0 Å². The molecule has 0 fully saturated rings. The second-order valence-electron chi connectivity index (χ2n) is 4.50. The molecular formula is C16H17ClINO2. The first-order valence-corrected chi connectivity index (χ1v) is 7.90. The van der Waals surface area contributed by atoms with Crippen LogP contribution in [0, 0.1) is 3.57 Å². The quantitative estimate of drug-likeness (QED) is 0.737. The third kappa shape index (κ3) is 3.62. The van der Waals surface area contributed by atoms with Crippen molar-refractivity contribution in [2.75, 3.05) is 21.3 Å². The lowest BCUT2D eigenvalue weighted by Gasteiger charge is -2.22. The van der Waals surface area contributed by atoms with Gasteiger partial charge in [0.25, 0.3) is 0 Å². The van der Waals surface area contributed by atoms with Crippen molar-refractivity contribution in [3.05, 3.63) is 56.1 Å². The van der Waals surface area contributed by atoms with E-state index in [1.54, 1.807) is 14.2 Å². The lowest BCUT2D eigenvalue weighted by molar-refractivity contribution is 0.395. The molecule has 0 radical (unpaired) electrons. The van der Waals surface area contributed by atoms with Crippen molar-refractivity contribution < 1.29 is 9.47 Å². The summed E-state index contributed by atoms with van der Waals surface area (Å²) < 4.78 is 12.0. The maximum atomic E-state index is 6.15. The van der Waals surface area contributed by atoms with Crippen molar-refractivity contribution >= 4 is 34.2 Å². The molecule has 21 heavy (non-hydrogen) atoms. The van der Waals surface area contributed by atoms with Gasteiger partial charge < -0.3 is 14.8 Å². The lowest BCUT2D eigenvalue weighted by Crippen LogP contribution is -2.19. The number of hydrogen-bond donors (Lipinski definition) is 1. The summed E-state index contributed by atoms with van der Waals surface area (Å²) in [7, 11) is 5.24. The Morgan fingerprint density at radius 2 is 1.81 bits per heavy atom. The molecule has 0 aliphatic rings. The zero-order valence-electron chi connectivity index (χ0n) is 12.1. The Bertz CT molecular complexity index is 634. The van der Waals surface area contributed by atoms with Gasteiger partial charge in [-0.2, -0.15) is 0 Å². The number of benzene rings is 2. The Morgan fingerprint density at radius 1 is 1.05 bits per heavy atom. The number of nitrogens with one attached hydrogen (secondary N) is 1. The topological polar surface area (TPSA) is 30.5 Å². The molecule has 3 nitrogen and oxygen atoms in total. The molecule has 0 aromatic heterocycles. The molecule has 0 aliphatic carbocycles. The van der Waals surface area contributed by atoms with Gasteiger partial charge in [-0.05, 0) is 71.6 Å². The zero-order chi connectivity index (χ0) is 15.4. The van der Waals surface area contributed by atoms with E-state index in [2.05, 4.69) is 27.9 Å². The summed E-state index contributed by atoms with van der Waals surface area (Å²) in [5.74, 6) is 1.61. The minimum atomic E-state index is -0.0272. The Balaban J connectivity index is 2.57. The average molecular weight is 418 g/mol. The summed E-state index contributed by atoms with van der Waals surface area (Å²) in [6, 6.07) is 11.6. The van der Waals surface area contributed by atoms with Crippen molar-refractivity contribution in [3.63, 3.8) is 0 Å². The number of methoxy groups -OCH3 is 2. The van der Waals surface area contributed by atoms with Crippen LogP contribution in [0.2, 0.25) is 5.02 Å². The molecule has 0 bridgehead atoms. The van der Waals surface area contributed by atoms with E-state index < -0.39 is 0 Å². The van der Waals surface area contributed by atoms with Gasteiger partial charge in [0.15, 0.2) is 0 Å². The molecule has 0 spiro atoms. The summed E-state index contributed by atoms with van der Waals surface area (Å²) in [5.41, 5.74) is 2.12. The van der Waals surface area contributed by atoms with Crippen LogP contribution in [0.3, 0.4) is 0 Å². The van der Waals surface area contributed by atoms with E-state index in [9.17, 15) is 0 Å². The van der Waals surface area contributed by atoms with Crippen molar-refractivity contribution in [2.24, 2.45) is 0 Å². The standard InChI is InChI=1S/C16H17ClINO2/c1-19-16(12-8-10(17)4-6-14(12)18)13-9-11(20-2)5-7-15(13)21-3/h4-9,16,19H,1-3H3. The molecule has 2 aromatic carbocycles. The number of rotatable bonds is 5. The van der Waals surface area contributed by atoms with Gasteiger partial charge in [0.05, 0.1) is 20.3 Å². The van der Waals surface area contributed by atoms with E-state index >= 15 is 0 Å². The smallest absolute Gasteiger partial charge is 0.124 e. The summed E-state index contributed by atoms with van der Waals surface area (Å²) in [5, 5.41) is 4.05. The first-order valence-electron chi connectivity index (χ1n) is 6.44. The first kappa shape index (κ1) is 16.4. The summed E-state index contributed by atoms with van der Waals surface area (Å²) in [4.78, 5) is 0. The van der Waals surface area contributed by atoms with E-state index in [4.69, 9.17) is 21.1 Å². The van der Waals surface area contributed by atoms with E-state index in [0.717, 1.165) is 26.2 Å². The third-order valence-corrected chi connectivity index (χ3v) is 4.52. The molecule has 0 heterocycles. The summed E-state index contributed by atoms with van der Waals surface area (Å²) in [6.07, 6.45) is 0. The van der Waals surface area contributed by atoms with Crippen LogP contribution in [-0.4, -0.2) is 21.3 Å². The highest BCUT2D eigenvalue weighted by molar-refractivity contribution is 14.1. The van der Waals surface area contributed by atoms with E-state index in [0.29, 0.717) is 5.02 Å². The second-order valence-corrected chi connectivity index (χ2v) is 6.09. The largest absolute Gasteiger partial charge is 0.497 e. The first-order chi connectivity index (χ1) is 10.1. The highest BCUT2D eigenvalue weighted by Crippen LogP contribution is 2.35. The van der Waals surface area contributed by atoms with E-state index in [1.807, 2.05) is 43.4 Å². The molecule has 0 saturated carbocycles. The van der Waals surface area contributed by atoms with Gasteiger partial charge in [-0.25, -0.2) is 0 Å². The molecule has 0 amide bonds. The Kier molecular flexibility index (Phi) is 5.72. The molecule has 1 atom stereocenters. The normalized spacial score (nSPS) is 12.0. The SMILES string of the molecule is CNC(c1cc(Cl)ccc1I)c1cc(OC)ccc1OC. The van der Waals surface area contributed by atoms with Crippen molar-refractivity contribution in [2.45, 2.75) is 6.04 Å². The Labute approximate surface area is 143 Å². The molecule has 112 valence electrons. The van der Waals surface area contributed by atoms with Gasteiger partial charge in [0.2, 0.25) is 0 Å². The number of ether oxygens (including phenoxy) is 2. The van der Waals surface area contributed by atoms with Crippen LogP contribution in [0.5, 0.6) is 11.5 Å². The Morgan fingerprint density at radius 3 is 2.43 bits per heavy atom. The monoisotopic (exact) mass is 417 g/mol. The molecule has 0 saturated heterocycles. The molecule has 2 aromatic rings. The maximum absolute atomic E-state index is 6.15. The van der Waals surface area contributed by atoms with Crippen LogP contribution in [0.4, 0.5) is 0 Å². The van der Waals surface area contributed by atoms with Crippen LogP contribution in [0.25, 0.3) is 0 Å². The zero-order valence-corrected chi connectivity index (χ0v) is 15.0. The van der Waals surface area contributed by atoms with Gasteiger partial charge in [0, 0.05) is 14.2 Å². The van der Waals surface area contributed by atoms with Crippen molar-refractivity contribution in [1.82, 2.24) is 5.32 Å². The fourth-order valence-electron chi connectivity index (χ4n) is 2.28. The minimum absolute atomic E-state index is 0.0272. The number of halogens is 2. The fraction of sp³-hybridized carbons (Fsp3) is 0.250. The molecule has 2 rings (SSSR count). The molecule has 0 aliphatic heterocycles. The Hall–Kier alpha value is -0.980.